The number of rotatable bonds is 3. The number of anilines is 1. The lowest BCUT2D eigenvalue weighted by atomic mass is 9.94. The van der Waals surface area contributed by atoms with E-state index in [0.29, 0.717) is 11.9 Å². The third kappa shape index (κ3) is 2.83. The Morgan fingerprint density at radius 3 is 2.82 bits per heavy atom. The Morgan fingerprint density at radius 2 is 2.12 bits per heavy atom. The van der Waals surface area contributed by atoms with Crippen LogP contribution in [-0.4, -0.2) is 30.6 Å². The van der Waals surface area contributed by atoms with Crippen molar-refractivity contribution in [3.8, 4) is 5.88 Å². The molecule has 1 aliphatic carbocycles. The first kappa shape index (κ1) is 12.5. The average molecular weight is 255 g/mol. The smallest absolute Gasteiger partial charge is 0.214 e. The van der Waals surface area contributed by atoms with Crippen molar-refractivity contribution in [2.24, 2.45) is 0 Å². The molecule has 3 nitrogen and oxygen atoms in total. The molecule has 1 aromatic heterocycles. The largest absolute Gasteiger partial charge is 0.481 e. The van der Waals surface area contributed by atoms with Crippen molar-refractivity contribution in [1.82, 2.24) is 4.98 Å². The number of aromatic nitrogens is 1. The first-order chi connectivity index (χ1) is 8.22. The molecule has 0 aromatic carbocycles. The lowest BCUT2D eigenvalue weighted by Gasteiger charge is -2.35. The summed E-state index contributed by atoms with van der Waals surface area (Å²) in [5.41, 5.74) is 0. The standard InChI is InChI=1S/C13H19ClN2O/c1-16(11-7-4-3-6-10(11)14)12-8-5-9-13(15-12)17-2/h5,8-11H,3-4,6-7H2,1-2H3. The minimum Gasteiger partial charge on any atom is -0.481 e. The molecule has 0 spiro atoms. The molecule has 0 aliphatic heterocycles. The Labute approximate surface area is 108 Å². The molecule has 1 heterocycles. The summed E-state index contributed by atoms with van der Waals surface area (Å²) in [6.45, 7) is 0. The van der Waals surface area contributed by atoms with Crippen molar-refractivity contribution < 1.29 is 4.74 Å². The van der Waals surface area contributed by atoms with Gasteiger partial charge in [-0.15, -0.1) is 11.6 Å². The summed E-state index contributed by atoms with van der Waals surface area (Å²) in [4.78, 5) is 6.63. The molecular weight excluding hydrogens is 236 g/mol. The summed E-state index contributed by atoms with van der Waals surface area (Å²) in [6.07, 6.45) is 4.73. The highest BCUT2D eigenvalue weighted by atomic mass is 35.5. The van der Waals surface area contributed by atoms with Gasteiger partial charge in [0.2, 0.25) is 5.88 Å². The van der Waals surface area contributed by atoms with Crippen LogP contribution in [0, 0.1) is 0 Å². The van der Waals surface area contributed by atoms with Crippen molar-refractivity contribution in [1.29, 1.82) is 0 Å². The number of halogens is 1. The molecule has 1 aliphatic rings. The molecule has 94 valence electrons. The van der Waals surface area contributed by atoms with Gasteiger partial charge in [0, 0.05) is 19.2 Å². The lowest BCUT2D eigenvalue weighted by Crippen LogP contribution is -2.41. The number of hydrogen-bond donors (Lipinski definition) is 0. The molecular formula is C13H19ClN2O. The van der Waals surface area contributed by atoms with Crippen LogP contribution >= 0.6 is 11.6 Å². The van der Waals surface area contributed by atoms with Crippen LogP contribution in [0.25, 0.3) is 0 Å². The quantitative estimate of drug-likeness (QED) is 0.776. The molecule has 2 unspecified atom stereocenters. The highest BCUT2D eigenvalue weighted by Gasteiger charge is 2.27. The highest BCUT2D eigenvalue weighted by Crippen LogP contribution is 2.29. The molecule has 0 N–H and O–H groups in total. The summed E-state index contributed by atoms with van der Waals surface area (Å²) in [7, 11) is 3.70. The van der Waals surface area contributed by atoms with Crippen LogP contribution in [0.4, 0.5) is 5.82 Å². The SMILES string of the molecule is COc1cccc(N(C)C2CCCCC2Cl)n1. The van der Waals surface area contributed by atoms with Crippen LogP contribution in [0.5, 0.6) is 5.88 Å². The molecule has 0 amide bonds. The Hall–Kier alpha value is -0.960. The normalized spacial score (nSPS) is 24.4. The molecule has 0 bridgehead atoms. The van der Waals surface area contributed by atoms with E-state index in [1.165, 1.54) is 12.8 Å². The number of methoxy groups -OCH3 is 1. The average Bonchev–Trinajstić information content (AvgIpc) is 2.38. The van der Waals surface area contributed by atoms with Gasteiger partial charge in [0.05, 0.1) is 12.5 Å². The third-order valence-electron chi connectivity index (χ3n) is 3.42. The number of ether oxygens (including phenoxy) is 1. The van der Waals surface area contributed by atoms with Gasteiger partial charge in [-0.25, -0.2) is 0 Å². The molecule has 17 heavy (non-hydrogen) atoms. The zero-order valence-corrected chi connectivity index (χ0v) is 11.2. The maximum Gasteiger partial charge on any atom is 0.214 e. The minimum absolute atomic E-state index is 0.224. The fraction of sp³-hybridized carbons (Fsp3) is 0.615. The fourth-order valence-electron chi connectivity index (χ4n) is 2.39. The topological polar surface area (TPSA) is 25.4 Å². The second kappa shape index (κ2) is 5.58. The van der Waals surface area contributed by atoms with E-state index in [9.17, 15) is 0 Å². The minimum atomic E-state index is 0.224. The zero-order chi connectivity index (χ0) is 12.3. The van der Waals surface area contributed by atoms with Gasteiger partial charge in [-0.1, -0.05) is 18.9 Å². The highest BCUT2D eigenvalue weighted by molar-refractivity contribution is 6.21. The molecule has 1 aromatic rings. The molecule has 0 saturated heterocycles. The monoisotopic (exact) mass is 254 g/mol. The first-order valence-electron chi connectivity index (χ1n) is 6.10. The second-order valence-electron chi connectivity index (χ2n) is 4.52. The van der Waals surface area contributed by atoms with Crippen molar-refractivity contribution in [3.05, 3.63) is 18.2 Å². The van der Waals surface area contributed by atoms with Gasteiger partial charge in [-0.3, -0.25) is 0 Å². The van der Waals surface area contributed by atoms with E-state index >= 15 is 0 Å². The summed E-state index contributed by atoms with van der Waals surface area (Å²) >= 11 is 6.40. The van der Waals surface area contributed by atoms with E-state index in [4.69, 9.17) is 16.3 Å². The molecule has 1 saturated carbocycles. The van der Waals surface area contributed by atoms with Crippen molar-refractivity contribution in [2.75, 3.05) is 19.1 Å². The van der Waals surface area contributed by atoms with E-state index < -0.39 is 0 Å². The predicted molar refractivity (Wildman–Crippen MR) is 71.1 cm³/mol. The van der Waals surface area contributed by atoms with E-state index in [-0.39, 0.29) is 5.38 Å². The van der Waals surface area contributed by atoms with Crippen LogP contribution < -0.4 is 9.64 Å². The Bertz CT molecular complexity index is 372. The van der Waals surface area contributed by atoms with Crippen molar-refractivity contribution in [3.63, 3.8) is 0 Å². The fourth-order valence-corrected chi connectivity index (χ4v) is 2.84. The van der Waals surface area contributed by atoms with E-state index in [0.717, 1.165) is 18.7 Å². The van der Waals surface area contributed by atoms with Gasteiger partial charge in [0.1, 0.15) is 5.82 Å². The van der Waals surface area contributed by atoms with E-state index in [2.05, 4.69) is 16.9 Å². The number of hydrogen-bond acceptors (Lipinski definition) is 3. The summed E-state index contributed by atoms with van der Waals surface area (Å²) < 4.78 is 5.15. The van der Waals surface area contributed by atoms with Gasteiger partial charge in [0.15, 0.2) is 0 Å². The number of pyridine rings is 1. The molecule has 0 radical (unpaired) electrons. The summed E-state index contributed by atoms with van der Waals surface area (Å²) in [6, 6.07) is 6.20. The second-order valence-corrected chi connectivity index (χ2v) is 5.08. The van der Waals surface area contributed by atoms with Gasteiger partial charge < -0.3 is 9.64 Å². The first-order valence-corrected chi connectivity index (χ1v) is 6.54. The summed E-state index contributed by atoms with van der Waals surface area (Å²) in [5, 5.41) is 0.224. The lowest BCUT2D eigenvalue weighted by molar-refractivity contribution is 0.395. The van der Waals surface area contributed by atoms with Crippen LogP contribution in [0.2, 0.25) is 0 Å². The van der Waals surface area contributed by atoms with Crippen molar-refractivity contribution >= 4 is 17.4 Å². The number of nitrogens with zero attached hydrogens (tertiary/aromatic N) is 2. The Balaban J connectivity index is 2.14. The molecule has 1 fully saturated rings. The Morgan fingerprint density at radius 1 is 1.35 bits per heavy atom. The van der Waals surface area contributed by atoms with Crippen LogP contribution in [0.15, 0.2) is 18.2 Å². The zero-order valence-electron chi connectivity index (χ0n) is 10.4. The maximum absolute atomic E-state index is 6.40. The molecule has 4 heteroatoms. The number of alkyl halides is 1. The Kier molecular flexibility index (Phi) is 4.11. The van der Waals surface area contributed by atoms with Crippen LogP contribution in [0.3, 0.4) is 0 Å². The van der Waals surface area contributed by atoms with E-state index in [1.54, 1.807) is 7.11 Å². The molecule has 2 rings (SSSR count). The van der Waals surface area contributed by atoms with Gasteiger partial charge in [-0.2, -0.15) is 4.98 Å². The molecule has 2 atom stereocenters. The maximum atomic E-state index is 6.40. The van der Waals surface area contributed by atoms with Gasteiger partial charge in [0.25, 0.3) is 0 Å². The van der Waals surface area contributed by atoms with Crippen LogP contribution in [-0.2, 0) is 0 Å². The predicted octanol–water partition coefficient (Wildman–Crippen LogP) is 3.08. The van der Waals surface area contributed by atoms with Gasteiger partial charge in [-0.05, 0) is 18.9 Å². The van der Waals surface area contributed by atoms with Crippen LogP contribution in [0.1, 0.15) is 25.7 Å². The van der Waals surface area contributed by atoms with E-state index in [1.807, 2.05) is 18.2 Å². The van der Waals surface area contributed by atoms with Crippen molar-refractivity contribution in [2.45, 2.75) is 37.1 Å². The third-order valence-corrected chi connectivity index (χ3v) is 3.93. The van der Waals surface area contributed by atoms with Gasteiger partial charge >= 0.3 is 0 Å². The summed E-state index contributed by atoms with van der Waals surface area (Å²) in [5.74, 6) is 1.58.